The molecule has 6 unspecified atom stereocenters. The highest BCUT2D eigenvalue weighted by Crippen LogP contribution is 2.55. The highest BCUT2D eigenvalue weighted by molar-refractivity contribution is 7.87. The average Bonchev–Trinajstić information content (AvgIpc) is 3.10. The van der Waals surface area contributed by atoms with E-state index in [-0.39, 0.29) is 36.8 Å². The van der Waals surface area contributed by atoms with Crippen LogP contribution in [0.25, 0.3) is 0 Å². The Morgan fingerprint density at radius 1 is 1.30 bits per heavy atom. The summed E-state index contributed by atoms with van der Waals surface area (Å²) in [6.45, 7) is 3.64. The third-order valence-corrected chi connectivity index (χ3v) is 7.02. The highest BCUT2D eigenvalue weighted by Gasteiger charge is 2.65. The van der Waals surface area contributed by atoms with Crippen molar-refractivity contribution in [2.75, 3.05) is 6.61 Å². The van der Waals surface area contributed by atoms with Crippen LogP contribution in [-0.4, -0.2) is 44.4 Å². The summed E-state index contributed by atoms with van der Waals surface area (Å²) in [6, 6.07) is 0. The lowest BCUT2D eigenvalue weighted by Crippen LogP contribution is -2.37. The normalized spacial score (nSPS) is 37.6. The van der Waals surface area contributed by atoms with E-state index < -0.39 is 33.5 Å². The fraction of sp³-hybridized carbons (Fsp3) is 0.867. The quantitative estimate of drug-likeness (QED) is 0.523. The third-order valence-electron chi connectivity index (χ3n) is 5.25. The molecule has 2 bridgehead atoms. The van der Waals surface area contributed by atoms with E-state index in [1.165, 1.54) is 0 Å². The molecule has 3 fully saturated rings. The lowest BCUT2D eigenvalue weighted by Gasteiger charge is -2.24. The van der Waals surface area contributed by atoms with E-state index in [1.807, 2.05) is 6.92 Å². The van der Waals surface area contributed by atoms with Crippen LogP contribution in [0.1, 0.15) is 39.5 Å². The number of rotatable bonds is 6. The van der Waals surface area contributed by atoms with Gasteiger partial charge in [-0.2, -0.15) is 8.42 Å². The van der Waals surface area contributed by atoms with Crippen molar-refractivity contribution in [2.45, 2.75) is 57.0 Å². The van der Waals surface area contributed by atoms with E-state index in [0.717, 1.165) is 6.42 Å². The Balaban J connectivity index is 1.48. The van der Waals surface area contributed by atoms with Gasteiger partial charge >= 0.3 is 11.9 Å². The summed E-state index contributed by atoms with van der Waals surface area (Å²) in [6.07, 6.45) is 0.865. The van der Waals surface area contributed by atoms with E-state index in [2.05, 4.69) is 0 Å². The fourth-order valence-corrected chi connectivity index (χ4v) is 5.68. The third kappa shape index (κ3) is 2.98. The van der Waals surface area contributed by atoms with Crippen molar-refractivity contribution >= 4 is 22.1 Å². The molecular formula is C15H22O7S. The number of ether oxygens (including phenoxy) is 2. The average molecular weight is 346 g/mol. The molecule has 0 aromatic carbocycles. The summed E-state index contributed by atoms with van der Waals surface area (Å²) in [7, 11) is -3.50. The standard InChI is InChI=1S/C15H22O7S/c1-3-8(2)15(17)20-5-4-12(16)21-13-9-6-10-11(7-9)23(18,19)22-14(10)13/h8-11,13-14H,3-7H2,1-2H3. The van der Waals surface area contributed by atoms with E-state index in [1.54, 1.807) is 6.92 Å². The molecule has 3 aliphatic rings. The summed E-state index contributed by atoms with van der Waals surface area (Å²) < 4.78 is 39.2. The van der Waals surface area contributed by atoms with Crippen molar-refractivity contribution in [2.24, 2.45) is 17.8 Å². The Kier molecular flexibility index (Phi) is 4.39. The molecule has 0 amide bonds. The zero-order chi connectivity index (χ0) is 16.8. The van der Waals surface area contributed by atoms with Gasteiger partial charge in [0, 0.05) is 11.8 Å². The Morgan fingerprint density at radius 3 is 2.74 bits per heavy atom. The second-order valence-electron chi connectivity index (χ2n) is 6.67. The first-order chi connectivity index (χ1) is 10.8. The molecule has 3 rings (SSSR count). The Morgan fingerprint density at radius 2 is 2.04 bits per heavy atom. The first-order valence-electron chi connectivity index (χ1n) is 8.11. The van der Waals surface area contributed by atoms with Gasteiger partial charge in [-0.3, -0.25) is 13.8 Å². The molecule has 2 saturated carbocycles. The van der Waals surface area contributed by atoms with Gasteiger partial charge in [-0.05, 0) is 19.3 Å². The van der Waals surface area contributed by atoms with Gasteiger partial charge in [0.25, 0.3) is 10.1 Å². The van der Waals surface area contributed by atoms with E-state index >= 15 is 0 Å². The maximum absolute atomic E-state index is 11.9. The van der Waals surface area contributed by atoms with Crippen molar-refractivity contribution in [1.29, 1.82) is 0 Å². The molecule has 0 spiro atoms. The predicted octanol–water partition coefficient (Wildman–Crippen LogP) is 1.01. The number of hydrogen-bond acceptors (Lipinski definition) is 7. The Hall–Kier alpha value is -1.15. The Bertz CT molecular complexity index is 599. The molecule has 2 aliphatic carbocycles. The first-order valence-corrected chi connectivity index (χ1v) is 9.58. The minimum Gasteiger partial charge on any atom is -0.465 e. The van der Waals surface area contributed by atoms with Crippen LogP contribution in [0.3, 0.4) is 0 Å². The van der Waals surface area contributed by atoms with Crippen LogP contribution < -0.4 is 0 Å². The highest BCUT2D eigenvalue weighted by atomic mass is 32.2. The van der Waals surface area contributed by atoms with Crippen molar-refractivity contribution in [3.8, 4) is 0 Å². The monoisotopic (exact) mass is 346 g/mol. The minimum absolute atomic E-state index is 0.0186. The van der Waals surface area contributed by atoms with Gasteiger partial charge < -0.3 is 9.47 Å². The smallest absolute Gasteiger partial charge is 0.309 e. The second-order valence-corrected chi connectivity index (χ2v) is 8.45. The molecule has 1 heterocycles. The molecule has 1 saturated heterocycles. The van der Waals surface area contributed by atoms with Gasteiger partial charge in [0.1, 0.15) is 18.8 Å². The maximum Gasteiger partial charge on any atom is 0.309 e. The molecule has 6 atom stereocenters. The zero-order valence-corrected chi connectivity index (χ0v) is 14.1. The molecule has 23 heavy (non-hydrogen) atoms. The first kappa shape index (κ1) is 16.7. The number of carbonyl (C=O) groups excluding carboxylic acids is 2. The van der Waals surface area contributed by atoms with Crippen molar-refractivity contribution in [1.82, 2.24) is 0 Å². The van der Waals surface area contributed by atoms with Crippen molar-refractivity contribution < 1.29 is 31.7 Å². The predicted molar refractivity (Wildman–Crippen MR) is 78.7 cm³/mol. The van der Waals surface area contributed by atoms with Crippen molar-refractivity contribution in [3.63, 3.8) is 0 Å². The van der Waals surface area contributed by atoms with Crippen LogP contribution in [0.15, 0.2) is 0 Å². The summed E-state index contributed by atoms with van der Waals surface area (Å²) in [5.41, 5.74) is 0. The zero-order valence-electron chi connectivity index (χ0n) is 13.3. The van der Waals surface area contributed by atoms with Gasteiger partial charge in [-0.1, -0.05) is 13.8 Å². The number of fused-ring (bicyclic) bond motifs is 1. The van der Waals surface area contributed by atoms with Gasteiger partial charge in [-0.15, -0.1) is 0 Å². The van der Waals surface area contributed by atoms with Gasteiger partial charge in [0.05, 0.1) is 17.6 Å². The molecule has 130 valence electrons. The molecule has 0 aromatic rings. The van der Waals surface area contributed by atoms with E-state index in [4.69, 9.17) is 13.7 Å². The number of carbonyl (C=O) groups is 2. The Labute approximate surface area is 135 Å². The molecule has 0 radical (unpaired) electrons. The van der Waals surface area contributed by atoms with E-state index in [0.29, 0.717) is 12.8 Å². The second kappa shape index (κ2) is 6.05. The summed E-state index contributed by atoms with van der Waals surface area (Å²) in [4.78, 5) is 23.4. The molecule has 8 heteroatoms. The fourth-order valence-electron chi connectivity index (χ4n) is 3.80. The van der Waals surface area contributed by atoms with Crippen molar-refractivity contribution in [3.05, 3.63) is 0 Å². The van der Waals surface area contributed by atoms with Gasteiger partial charge in [0.2, 0.25) is 0 Å². The summed E-state index contributed by atoms with van der Waals surface area (Å²) in [5.74, 6) is -0.993. The van der Waals surface area contributed by atoms with Crippen LogP contribution in [0.5, 0.6) is 0 Å². The van der Waals surface area contributed by atoms with Crippen LogP contribution in [-0.2, 0) is 33.4 Å². The van der Waals surface area contributed by atoms with Gasteiger partial charge in [-0.25, -0.2) is 0 Å². The lowest BCUT2D eigenvalue weighted by molar-refractivity contribution is -0.159. The minimum atomic E-state index is -3.50. The molecule has 7 nitrogen and oxygen atoms in total. The van der Waals surface area contributed by atoms with Crippen LogP contribution >= 0.6 is 0 Å². The maximum atomic E-state index is 11.9. The largest absolute Gasteiger partial charge is 0.465 e. The summed E-state index contributed by atoms with van der Waals surface area (Å²) >= 11 is 0. The summed E-state index contributed by atoms with van der Waals surface area (Å²) in [5, 5.41) is -0.427. The van der Waals surface area contributed by atoms with Crippen LogP contribution in [0.4, 0.5) is 0 Å². The number of esters is 2. The lowest BCUT2D eigenvalue weighted by atomic mass is 9.94. The van der Waals surface area contributed by atoms with E-state index in [9.17, 15) is 18.0 Å². The van der Waals surface area contributed by atoms with Crippen LogP contribution in [0.2, 0.25) is 0 Å². The molecule has 0 N–H and O–H groups in total. The van der Waals surface area contributed by atoms with Crippen LogP contribution in [0, 0.1) is 17.8 Å². The SMILES string of the molecule is CCC(C)C(=O)OCCC(=O)OC1C2CC3C1OS(=O)(=O)C3C2. The molecular weight excluding hydrogens is 324 g/mol. The van der Waals surface area contributed by atoms with Gasteiger partial charge in [0.15, 0.2) is 0 Å². The number of hydrogen-bond donors (Lipinski definition) is 0. The molecule has 1 aliphatic heterocycles. The topological polar surface area (TPSA) is 96.0 Å². The molecule has 0 aromatic heterocycles.